The number of aromatic nitrogens is 6. The summed E-state index contributed by atoms with van der Waals surface area (Å²) in [7, 11) is 0. The van der Waals surface area contributed by atoms with Crippen molar-refractivity contribution in [3.8, 4) is 11.6 Å². The van der Waals surface area contributed by atoms with Gasteiger partial charge in [-0.2, -0.15) is 5.10 Å². The van der Waals surface area contributed by atoms with Crippen molar-refractivity contribution in [2.45, 2.75) is 40.7 Å². The molecular weight excluding hydrogens is 438 g/mol. The quantitative estimate of drug-likeness (QED) is 0.408. The molecule has 0 aliphatic heterocycles. The molecule has 0 atom stereocenters. The van der Waals surface area contributed by atoms with Crippen LogP contribution in [-0.4, -0.2) is 35.2 Å². The number of hydrogen-bond donors (Lipinski definition) is 1. The number of aryl methyl sites for hydroxylation is 3. The molecule has 0 unspecified atom stereocenters. The van der Waals surface area contributed by atoms with Gasteiger partial charge in [0.25, 0.3) is 5.95 Å². The van der Waals surface area contributed by atoms with E-state index in [0.29, 0.717) is 12.5 Å². The number of imidazole rings is 1. The van der Waals surface area contributed by atoms with Crippen LogP contribution < -0.4 is 5.32 Å². The van der Waals surface area contributed by atoms with Crippen LogP contribution in [0.1, 0.15) is 33.9 Å². The summed E-state index contributed by atoms with van der Waals surface area (Å²) in [5, 5.41) is 7.62. The standard InChI is InChI=1S/C27H27N7O/c1-17-13-18(2)31-27(30-17)34-20(4)23(19(3)32-34)14-26(35)28-15-21-9-11-22(12-10-21)33-16-29-24-7-5-6-8-25(24)33/h5-13,16H,14-15H2,1-4H3,(H,28,35). The molecule has 0 saturated heterocycles. The van der Waals surface area contributed by atoms with E-state index in [-0.39, 0.29) is 12.3 Å². The number of nitrogens with zero attached hydrogens (tertiary/aromatic N) is 6. The van der Waals surface area contributed by atoms with E-state index in [1.54, 1.807) is 4.68 Å². The third kappa shape index (κ3) is 4.55. The van der Waals surface area contributed by atoms with Gasteiger partial charge < -0.3 is 5.32 Å². The van der Waals surface area contributed by atoms with Crippen LogP contribution in [0, 0.1) is 27.7 Å². The molecule has 3 heterocycles. The number of para-hydroxylation sites is 2. The molecular formula is C27H27N7O. The van der Waals surface area contributed by atoms with Crippen LogP contribution in [-0.2, 0) is 17.8 Å². The predicted octanol–water partition coefficient (Wildman–Crippen LogP) is 4.09. The number of fused-ring (bicyclic) bond motifs is 1. The number of hydrogen-bond acceptors (Lipinski definition) is 5. The van der Waals surface area contributed by atoms with Crippen LogP contribution in [0.5, 0.6) is 0 Å². The van der Waals surface area contributed by atoms with Crippen molar-refractivity contribution in [2.75, 3.05) is 0 Å². The maximum absolute atomic E-state index is 12.8. The zero-order valence-corrected chi connectivity index (χ0v) is 20.3. The first-order chi connectivity index (χ1) is 16.9. The Morgan fingerprint density at radius 2 is 1.66 bits per heavy atom. The number of rotatable bonds is 6. The van der Waals surface area contributed by atoms with Crippen molar-refractivity contribution in [3.05, 3.63) is 94.8 Å². The van der Waals surface area contributed by atoms with Gasteiger partial charge in [0.1, 0.15) is 6.33 Å². The molecule has 1 amide bonds. The van der Waals surface area contributed by atoms with Crippen LogP contribution in [0.4, 0.5) is 0 Å². The fourth-order valence-corrected chi connectivity index (χ4v) is 4.29. The number of amides is 1. The molecule has 0 fully saturated rings. The average molecular weight is 466 g/mol. The van der Waals surface area contributed by atoms with Crippen molar-refractivity contribution in [2.24, 2.45) is 0 Å². The lowest BCUT2D eigenvalue weighted by atomic mass is 10.1. The summed E-state index contributed by atoms with van der Waals surface area (Å²) < 4.78 is 3.77. The van der Waals surface area contributed by atoms with E-state index < -0.39 is 0 Å². The highest BCUT2D eigenvalue weighted by Crippen LogP contribution is 2.19. The first-order valence-electron chi connectivity index (χ1n) is 11.5. The highest BCUT2D eigenvalue weighted by atomic mass is 16.1. The molecule has 2 aromatic carbocycles. The molecule has 0 bridgehead atoms. The van der Waals surface area contributed by atoms with Crippen LogP contribution in [0.2, 0.25) is 0 Å². The molecule has 0 spiro atoms. The molecule has 8 heteroatoms. The lowest BCUT2D eigenvalue weighted by molar-refractivity contribution is -0.120. The van der Waals surface area contributed by atoms with Gasteiger partial charge >= 0.3 is 0 Å². The van der Waals surface area contributed by atoms with E-state index in [0.717, 1.165) is 50.6 Å². The maximum atomic E-state index is 12.8. The Hall–Kier alpha value is -4.33. The Morgan fingerprint density at radius 3 is 2.40 bits per heavy atom. The summed E-state index contributed by atoms with van der Waals surface area (Å²) >= 11 is 0. The lowest BCUT2D eigenvalue weighted by Crippen LogP contribution is -2.25. The summed E-state index contributed by atoms with van der Waals surface area (Å²) in [6.45, 7) is 8.18. The van der Waals surface area contributed by atoms with Crippen LogP contribution in [0.3, 0.4) is 0 Å². The first kappa shape index (κ1) is 22.5. The van der Waals surface area contributed by atoms with Gasteiger partial charge in [-0.25, -0.2) is 19.6 Å². The van der Waals surface area contributed by atoms with Crippen molar-refractivity contribution < 1.29 is 4.79 Å². The summed E-state index contributed by atoms with van der Waals surface area (Å²) in [5.74, 6) is 0.474. The van der Waals surface area contributed by atoms with Gasteiger partial charge in [0.2, 0.25) is 5.91 Å². The molecule has 5 aromatic rings. The number of carbonyl (C=O) groups excluding carboxylic acids is 1. The SMILES string of the molecule is Cc1cc(C)nc(-n2nc(C)c(CC(=O)NCc3ccc(-n4cnc5ccccc54)cc3)c2C)n1. The maximum Gasteiger partial charge on any atom is 0.251 e. The summed E-state index contributed by atoms with van der Waals surface area (Å²) in [5.41, 5.74) is 8.41. The van der Waals surface area contributed by atoms with Gasteiger partial charge in [0.15, 0.2) is 0 Å². The van der Waals surface area contributed by atoms with Gasteiger partial charge in [0.05, 0.1) is 23.1 Å². The van der Waals surface area contributed by atoms with Gasteiger partial charge in [-0.3, -0.25) is 9.36 Å². The summed E-state index contributed by atoms with van der Waals surface area (Å²) in [6, 6.07) is 18.1. The molecule has 1 N–H and O–H groups in total. The zero-order valence-electron chi connectivity index (χ0n) is 20.3. The van der Waals surface area contributed by atoms with Gasteiger partial charge in [-0.1, -0.05) is 24.3 Å². The van der Waals surface area contributed by atoms with Gasteiger partial charge in [-0.15, -0.1) is 0 Å². The van der Waals surface area contributed by atoms with E-state index in [4.69, 9.17) is 0 Å². The average Bonchev–Trinajstić information content (AvgIpc) is 3.39. The molecule has 8 nitrogen and oxygen atoms in total. The highest BCUT2D eigenvalue weighted by molar-refractivity contribution is 5.79. The first-order valence-corrected chi connectivity index (χ1v) is 11.5. The molecule has 0 aliphatic carbocycles. The van der Waals surface area contributed by atoms with Crippen molar-refractivity contribution in [1.29, 1.82) is 0 Å². The van der Waals surface area contributed by atoms with E-state index in [9.17, 15) is 4.79 Å². The van der Waals surface area contributed by atoms with Crippen molar-refractivity contribution in [1.82, 2.24) is 34.6 Å². The van der Waals surface area contributed by atoms with Crippen LogP contribution >= 0.6 is 0 Å². The van der Waals surface area contributed by atoms with Crippen LogP contribution in [0.15, 0.2) is 60.9 Å². The molecule has 35 heavy (non-hydrogen) atoms. The Morgan fingerprint density at radius 1 is 0.943 bits per heavy atom. The molecule has 0 aliphatic rings. The number of carbonyl (C=O) groups is 1. The van der Waals surface area contributed by atoms with Crippen molar-refractivity contribution in [3.63, 3.8) is 0 Å². The van der Waals surface area contributed by atoms with E-state index >= 15 is 0 Å². The van der Waals surface area contributed by atoms with E-state index in [1.807, 2.05) is 82.6 Å². The molecule has 0 saturated carbocycles. The van der Waals surface area contributed by atoms with Gasteiger partial charge in [-0.05, 0) is 63.6 Å². The Bertz CT molecular complexity index is 1510. The minimum absolute atomic E-state index is 0.0539. The smallest absolute Gasteiger partial charge is 0.251 e. The van der Waals surface area contributed by atoms with Crippen molar-refractivity contribution >= 4 is 16.9 Å². The normalized spacial score (nSPS) is 11.2. The fraction of sp³-hybridized carbons (Fsp3) is 0.222. The largest absolute Gasteiger partial charge is 0.352 e. The summed E-state index contributed by atoms with van der Waals surface area (Å²) in [4.78, 5) is 26.2. The van der Waals surface area contributed by atoms with E-state index in [2.05, 4.69) is 36.0 Å². The Labute approximate surface area is 203 Å². The molecule has 3 aromatic heterocycles. The van der Waals surface area contributed by atoms with Gasteiger partial charge in [0, 0.05) is 34.9 Å². The zero-order chi connectivity index (χ0) is 24.5. The molecule has 176 valence electrons. The Kier molecular flexibility index (Phi) is 5.86. The van der Waals surface area contributed by atoms with E-state index in [1.165, 1.54) is 0 Å². The number of benzene rings is 2. The Balaban J connectivity index is 1.25. The second-order valence-corrected chi connectivity index (χ2v) is 8.74. The second-order valence-electron chi connectivity index (χ2n) is 8.74. The highest BCUT2D eigenvalue weighted by Gasteiger charge is 2.17. The molecule has 0 radical (unpaired) electrons. The lowest BCUT2D eigenvalue weighted by Gasteiger charge is -2.09. The number of nitrogens with one attached hydrogen (secondary N) is 1. The molecule has 5 rings (SSSR count). The summed E-state index contributed by atoms with van der Waals surface area (Å²) in [6.07, 6.45) is 2.08. The van der Waals surface area contributed by atoms with Crippen LogP contribution in [0.25, 0.3) is 22.7 Å². The predicted molar refractivity (Wildman–Crippen MR) is 135 cm³/mol. The second kappa shape index (κ2) is 9.13. The fourth-order valence-electron chi connectivity index (χ4n) is 4.29. The topological polar surface area (TPSA) is 90.5 Å². The third-order valence-corrected chi connectivity index (χ3v) is 6.10. The minimum Gasteiger partial charge on any atom is -0.352 e. The monoisotopic (exact) mass is 465 g/mol. The minimum atomic E-state index is -0.0539. The third-order valence-electron chi connectivity index (χ3n) is 6.10.